The molecule has 0 aromatic heterocycles. The minimum Gasteiger partial charge on any atom is -0.480 e. The average molecular weight is 229 g/mol. The van der Waals surface area contributed by atoms with E-state index in [4.69, 9.17) is 0 Å². The molecule has 2 fully saturated rings. The molecule has 1 saturated carbocycles. The van der Waals surface area contributed by atoms with E-state index in [0.29, 0.717) is 6.04 Å². The van der Waals surface area contributed by atoms with Crippen molar-refractivity contribution in [3.63, 3.8) is 0 Å². The van der Waals surface area contributed by atoms with Crippen LogP contribution >= 0.6 is 11.8 Å². The summed E-state index contributed by atoms with van der Waals surface area (Å²) in [6, 6.07) is 0.416. The van der Waals surface area contributed by atoms with Gasteiger partial charge in [0.15, 0.2) is 0 Å². The quantitative estimate of drug-likeness (QED) is 0.796. The monoisotopic (exact) mass is 229 g/mol. The zero-order chi connectivity index (χ0) is 11.1. The molecule has 0 aromatic rings. The topological polar surface area (TPSA) is 40.5 Å². The maximum Gasteiger partial charge on any atom is 0.325 e. The second-order valence-electron chi connectivity index (χ2n) is 4.83. The van der Waals surface area contributed by atoms with Crippen LogP contribution in [-0.2, 0) is 4.79 Å². The SMILES string of the molecule is CC(C1CC1)N(C)C1(C(=O)O)CCSC1. The summed E-state index contributed by atoms with van der Waals surface area (Å²) in [6.07, 6.45) is 3.34. The Morgan fingerprint density at radius 3 is 2.67 bits per heavy atom. The van der Waals surface area contributed by atoms with Crippen LogP contribution in [0.15, 0.2) is 0 Å². The number of carboxylic acid groups (broad SMARTS) is 1. The van der Waals surface area contributed by atoms with Gasteiger partial charge in [-0.25, -0.2) is 0 Å². The smallest absolute Gasteiger partial charge is 0.325 e. The van der Waals surface area contributed by atoms with Gasteiger partial charge in [0, 0.05) is 11.8 Å². The molecule has 2 rings (SSSR count). The van der Waals surface area contributed by atoms with Crippen LogP contribution in [0.2, 0.25) is 0 Å². The van der Waals surface area contributed by atoms with Crippen molar-refractivity contribution in [2.45, 2.75) is 37.8 Å². The second-order valence-corrected chi connectivity index (χ2v) is 5.93. The van der Waals surface area contributed by atoms with Gasteiger partial charge >= 0.3 is 5.97 Å². The molecule has 1 aliphatic carbocycles. The Bertz CT molecular complexity index is 259. The van der Waals surface area contributed by atoms with Crippen LogP contribution in [0.5, 0.6) is 0 Å². The van der Waals surface area contributed by atoms with Crippen molar-refractivity contribution in [2.24, 2.45) is 5.92 Å². The van der Waals surface area contributed by atoms with Gasteiger partial charge in [-0.2, -0.15) is 11.8 Å². The van der Waals surface area contributed by atoms with Gasteiger partial charge < -0.3 is 5.11 Å². The number of hydrogen-bond acceptors (Lipinski definition) is 3. The molecule has 1 heterocycles. The molecular formula is C11H19NO2S. The van der Waals surface area contributed by atoms with Crippen LogP contribution in [0.25, 0.3) is 0 Å². The molecule has 15 heavy (non-hydrogen) atoms. The van der Waals surface area contributed by atoms with E-state index >= 15 is 0 Å². The first-order valence-corrected chi connectivity index (χ1v) is 6.77. The van der Waals surface area contributed by atoms with E-state index in [1.165, 1.54) is 12.8 Å². The molecule has 0 amide bonds. The maximum atomic E-state index is 11.5. The third kappa shape index (κ3) is 1.89. The van der Waals surface area contributed by atoms with Gasteiger partial charge in [-0.15, -0.1) is 0 Å². The summed E-state index contributed by atoms with van der Waals surface area (Å²) < 4.78 is 0. The lowest BCUT2D eigenvalue weighted by molar-refractivity contribution is -0.150. The van der Waals surface area contributed by atoms with E-state index in [-0.39, 0.29) is 0 Å². The summed E-state index contributed by atoms with van der Waals surface area (Å²) in [4.78, 5) is 13.6. The number of rotatable bonds is 4. The summed E-state index contributed by atoms with van der Waals surface area (Å²) in [5.41, 5.74) is -0.591. The van der Waals surface area contributed by atoms with Crippen LogP contribution in [0.4, 0.5) is 0 Å². The zero-order valence-corrected chi connectivity index (χ0v) is 10.2. The molecule has 0 aromatic carbocycles. The number of nitrogens with zero attached hydrogens (tertiary/aromatic N) is 1. The molecule has 1 N–H and O–H groups in total. The predicted molar refractivity (Wildman–Crippen MR) is 62.3 cm³/mol. The zero-order valence-electron chi connectivity index (χ0n) is 9.40. The first-order valence-electron chi connectivity index (χ1n) is 5.62. The minimum atomic E-state index is -0.637. The molecular weight excluding hydrogens is 210 g/mol. The Balaban J connectivity index is 2.12. The minimum absolute atomic E-state index is 0.416. The lowest BCUT2D eigenvalue weighted by Crippen LogP contribution is -2.56. The third-order valence-corrected chi connectivity index (χ3v) is 5.16. The Hall–Kier alpha value is -0.220. The van der Waals surface area contributed by atoms with Crippen molar-refractivity contribution in [1.82, 2.24) is 4.90 Å². The van der Waals surface area contributed by atoms with E-state index in [9.17, 15) is 9.90 Å². The molecule has 1 aliphatic heterocycles. The number of thioether (sulfide) groups is 1. The van der Waals surface area contributed by atoms with Gasteiger partial charge in [0.2, 0.25) is 0 Å². The van der Waals surface area contributed by atoms with Crippen LogP contribution in [0.3, 0.4) is 0 Å². The van der Waals surface area contributed by atoms with Crippen LogP contribution in [0, 0.1) is 5.92 Å². The number of carboxylic acids is 1. The van der Waals surface area contributed by atoms with Gasteiger partial charge in [0.05, 0.1) is 0 Å². The highest BCUT2D eigenvalue weighted by atomic mass is 32.2. The molecule has 86 valence electrons. The van der Waals surface area contributed by atoms with Crippen molar-refractivity contribution in [1.29, 1.82) is 0 Å². The fourth-order valence-electron chi connectivity index (χ4n) is 2.44. The summed E-state index contributed by atoms with van der Waals surface area (Å²) in [6.45, 7) is 2.17. The highest BCUT2D eigenvalue weighted by molar-refractivity contribution is 7.99. The van der Waals surface area contributed by atoms with Gasteiger partial charge in [0.1, 0.15) is 5.54 Å². The van der Waals surface area contributed by atoms with Crippen molar-refractivity contribution < 1.29 is 9.90 Å². The van der Waals surface area contributed by atoms with Gasteiger partial charge in [-0.3, -0.25) is 9.69 Å². The number of hydrogen-bond donors (Lipinski definition) is 1. The molecule has 2 atom stereocenters. The van der Waals surface area contributed by atoms with E-state index in [2.05, 4.69) is 11.8 Å². The van der Waals surface area contributed by atoms with Gasteiger partial charge in [0.25, 0.3) is 0 Å². The Kier molecular flexibility index (Phi) is 2.99. The van der Waals surface area contributed by atoms with Crippen LogP contribution in [0.1, 0.15) is 26.2 Å². The van der Waals surface area contributed by atoms with E-state index in [1.54, 1.807) is 11.8 Å². The largest absolute Gasteiger partial charge is 0.480 e. The summed E-state index contributed by atoms with van der Waals surface area (Å²) >= 11 is 1.76. The van der Waals surface area contributed by atoms with Crippen molar-refractivity contribution in [3.8, 4) is 0 Å². The van der Waals surface area contributed by atoms with Crippen molar-refractivity contribution in [3.05, 3.63) is 0 Å². The molecule has 0 spiro atoms. The standard InChI is InChI=1S/C11H19NO2S/c1-8(9-3-4-9)12(2)11(10(13)14)5-6-15-7-11/h8-9H,3-7H2,1-2H3,(H,13,14). The molecule has 3 nitrogen and oxygen atoms in total. The summed E-state index contributed by atoms with van der Waals surface area (Å²) in [5, 5.41) is 9.43. The normalized spacial score (nSPS) is 33.3. The summed E-state index contributed by atoms with van der Waals surface area (Å²) in [5.74, 6) is 1.82. The predicted octanol–water partition coefficient (Wildman–Crippen LogP) is 1.68. The Morgan fingerprint density at radius 2 is 2.27 bits per heavy atom. The Labute approximate surface area is 95.2 Å². The lowest BCUT2D eigenvalue weighted by atomic mass is 9.94. The molecule has 2 unspecified atom stereocenters. The molecule has 4 heteroatoms. The van der Waals surface area contributed by atoms with E-state index in [1.807, 2.05) is 7.05 Å². The number of carbonyl (C=O) groups is 1. The fourth-order valence-corrected chi connectivity index (χ4v) is 3.87. The highest BCUT2D eigenvalue weighted by Crippen LogP contribution is 2.40. The van der Waals surface area contributed by atoms with Gasteiger partial charge in [-0.05, 0) is 44.9 Å². The van der Waals surface area contributed by atoms with Crippen molar-refractivity contribution >= 4 is 17.7 Å². The molecule has 0 bridgehead atoms. The first-order chi connectivity index (χ1) is 7.08. The first kappa shape index (κ1) is 11.3. The van der Waals surface area contributed by atoms with Gasteiger partial charge in [-0.1, -0.05) is 0 Å². The Morgan fingerprint density at radius 1 is 1.60 bits per heavy atom. The third-order valence-electron chi connectivity index (χ3n) is 3.99. The summed E-state index contributed by atoms with van der Waals surface area (Å²) in [7, 11) is 1.99. The lowest BCUT2D eigenvalue weighted by Gasteiger charge is -2.38. The van der Waals surface area contributed by atoms with E-state index in [0.717, 1.165) is 23.8 Å². The molecule has 2 aliphatic rings. The van der Waals surface area contributed by atoms with Crippen molar-refractivity contribution in [2.75, 3.05) is 18.6 Å². The average Bonchev–Trinajstić information content (AvgIpc) is 2.93. The number of likely N-dealkylation sites (N-methyl/N-ethyl adjacent to an activating group) is 1. The second kappa shape index (κ2) is 3.98. The highest BCUT2D eigenvalue weighted by Gasteiger charge is 2.49. The fraction of sp³-hybridized carbons (Fsp3) is 0.909. The van der Waals surface area contributed by atoms with E-state index < -0.39 is 11.5 Å². The molecule has 0 radical (unpaired) electrons. The maximum absolute atomic E-state index is 11.5. The van der Waals surface area contributed by atoms with Crippen LogP contribution in [-0.4, -0.2) is 46.1 Å². The van der Waals surface area contributed by atoms with Crippen LogP contribution < -0.4 is 0 Å². The molecule has 1 saturated heterocycles. The number of aliphatic carboxylic acids is 1.